The maximum atomic E-state index is 6.02. The number of rotatable bonds is 2. The molecule has 1 heteroatoms. The summed E-state index contributed by atoms with van der Waals surface area (Å²) >= 11 is 0. The second kappa shape index (κ2) is 4.55. The van der Waals surface area contributed by atoms with Crippen LogP contribution in [0.4, 0.5) is 0 Å². The maximum Gasteiger partial charge on any atom is 0.00701 e. The van der Waals surface area contributed by atoms with Crippen LogP contribution in [0.3, 0.4) is 0 Å². The van der Waals surface area contributed by atoms with Gasteiger partial charge in [0.25, 0.3) is 0 Å². The molecule has 0 aromatic rings. The third kappa shape index (κ3) is 2.66. The summed E-state index contributed by atoms with van der Waals surface area (Å²) in [6.45, 7) is 3.76. The van der Waals surface area contributed by atoms with Crippen molar-refractivity contribution in [1.82, 2.24) is 0 Å². The number of nitrogens with two attached hydrogens (primary N) is 1. The summed E-state index contributed by atoms with van der Waals surface area (Å²) in [5.41, 5.74) is 6.02. The summed E-state index contributed by atoms with van der Waals surface area (Å²) in [7, 11) is 0. The highest BCUT2D eigenvalue weighted by atomic mass is 14.6. The van der Waals surface area contributed by atoms with Crippen molar-refractivity contribution in [2.24, 2.45) is 11.7 Å². The van der Waals surface area contributed by atoms with Gasteiger partial charge in [0.05, 0.1) is 0 Å². The van der Waals surface area contributed by atoms with Gasteiger partial charge in [0.1, 0.15) is 0 Å². The first-order chi connectivity index (χ1) is 5.34. The summed E-state index contributed by atoms with van der Waals surface area (Å²) in [6, 6.07) is 0.440. The third-order valence-electron chi connectivity index (χ3n) is 2.69. The monoisotopic (exact) mass is 153 g/mol. The molecule has 1 saturated carbocycles. The summed E-state index contributed by atoms with van der Waals surface area (Å²) in [4.78, 5) is 0. The van der Waals surface area contributed by atoms with E-state index in [4.69, 9.17) is 5.73 Å². The van der Waals surface area contributed by atoms with Crippen molar-refractivity contribution in [3.63, 3.8) is 0 Å². The highest BCUT2D eigenvalue weighted by Gasteiger charge is 2.18. The third-order valence-corrected chi connectivity index (χ3v) is 2.69. The van der Waals surface area contributed by atoms with Crippen molar-refractivity contribution >= 4 is 0 Å². The average molecular weight is 153 g/mol. The Kier molecular flexibility index (Phi) is 3.64. The van der Waals surface area contributed by atoms with Gasteiger partial charge in [0.15, 0.2) is 0 Å². The highest BCUT2D eigenvalue weighted by Crippen LogP contribution is 2.24. The second-order valence-electron chi connectivity index (χ2n) is 3.59. The Morgan fingerprint density at radius 1 is 1.27 bits per heavy atom. The number of allylic oxidation sites excluding steroid dienone is 1. The Morgan fingerprint density at radius 3 is 2.73 bits per heavy atom. The van der Waals surface area contributed by atoms with Gasteiger partial charge in [-0.05, 0) is 25.2 Å². The molecule has 1 aliphatic carbocycles. The lowest BCUT2D eigenvalue weighted by Crippen LogP contribution is -2.28. The minimum atomic E-state index is 0.440. The van der Waals surface area contributed by atoms with Crippen molar-refractivity contribution in [3.05, 3.63) is 12.7 Å². The van der Waals surface area contributed by atoms with E-state index in [1.807, 2.05) is 6.08 Å². The van der Waals surface area contributed by atoms with Crippen LogP contribution in [-0.2, 0) is 0 Å². The molecule has 1 rings (SSSR count). The Bertz CT molecular complexity index is 120. The Hall–Kier alpha value is -0.300. The fourth-order valence-corrected chi connectivity index (χ4v) is 1.92. The van der Waals surface area contributed by atoms with Crippen LogP contribution in [0.25, 0.3) is 0 Å². The molecule has 1 fully saturated rings. The van der Waals surface area contributed by atoms with Gasteiger partial charge >= 0.3 is 0 Å². The van der Waals surface area contributed by atoms with Crippen molar-refractivity contribution in [1.29, 1.82) is 0 Å². The molecule has 0 aromatic heterocycles. The van der Waals surface area contributed by atoms with E-state index in [0.717, 1.165) is 12.3 Å². The average Bonchev–Trinajstić information content (AvgIpc) is 2.18. The topological polar surface area (TPSA) is 26.0 Å². The van der Waals surface area contributed by atoms with Crippen LogP contribution in [-0.4, -0.2) is 6.04 Å². The molecule has 1 aliphatic rings. The Labute approximate surface area is 69.7 Å². The molecular formula is C10H19N. The van der Waals surface area contributed by atoms with Crippen molar-refractivity contribution in [2.45, 2.75) is 44.6 Å². The lowest BCUT2D eigenvalue weighted by Gasteiger charge is -2.18. The molecule has 0 radical (unpaired) electrons. The van der Waals surface area contributed by atoms with E-state index in [1.165, 1.54) is 32.1 Å². The second-order valence-corrected chi connectivity index (χ2v) is 3.59. The van der Waals surface area contributed by atoms with Gasteiger partial charge in [-0.15, -0.1) is 6.58 Å². The molecule has 1 nitrogen and oxygen atoms in total. The van der Waals surface area contributed by atoms with E-state index in [0.29, 0.717) is 6.04 Å². The minimum absolute atomic E-state index is 0.440. The van der Waals surface area contributed by atoms with Crippen molar-refractivity contribution in [3.8, 4) is 0 Å². The predicted molar refractivity (Wildman–Crippen MR) is 49.4 cm³/mol. The van der Waals surface area contributed by atoms with Crippen molar-refractivity contribution in [2.75, 3.05) is 0 Å². The summed E-state index contributed by atoms with van der Waals surface area (Å²) in [5.74, 6) is 0.718. The van der Waals surface area contributed by atoms with Gasteiger partial charge in [-0.2, -0.15) is 0 Å². The molecule has 2 atom stereocenters. The first kappa shape index (κ1) is 8.79. The molecule has 64 valence electrons. The van der Waals surface area contributed by atoms with Crippen LogP contribution in [0.2, 0.25) is 0 Å². The van der Waals surface area contributed by atoms with Crippen LogP contribution < -0.4 is 5.73 Å². The SMILES string of the molecule is C=CCC1CCCCCC1N. The Balaban J connectivity index is 2.38. The predicted octanol–water partition coefficient (Wildman–Crippen LogP) is 2.47. The zero-order valence-electron chi connectivity index (χ0n) is 7.26. The Morgan fingerprint density at radius 2 is 2.00 bits per heavy atom. The van der Waals surface area contributed by atoms with Crippen LogP contribution in [0.5, 0.6) is 0 Å². The number of hydrogen-bond donors (Lipinski definition) is 1. The lowest BCUT2D eigenvalue weighted by molar-refractivity contribution is 0.402. The van der Waals surface area contributed by atoms with Gasteiger partial charge in [0, 0.05) is 6.04 Å². The fourth-order valence-electron chi connectivity index (χ4n) is 1.92. The van der Waals surface area contributed by atoms with Gasteiger partial charge < -0.3 is 5.73 Å². The quantitative estimate of drug-likeness (QED) is 0.478. The molecule has 2 N–H and O–H groups in total. The molecule has 11 heavy (non-hydrogen) atoms. The summed E-state index contributed by atoms with van der Waals surface area (Å²) < 4.78 is 0. The maximum absolute atomic E-state index is 6.02. The molecular weight excluding hydrogens is 134 g/mol. The van der Waals surface area contributed by atoms with E-state index in [9.17, 15) is 0 Å². The van der Waals surface area contributed by atoms with E-state index in [1.54, 1.807) is 0 Å². The van der Waals surface area contributed by atoms with Gasteiger partial charge in [-0.3, -0.25) is 0 Å². The first-order valence-corrected chi connectivity index (χ1v) is 4.71. The van der Waals surface area contributed by atoms with E-state index < -0.39 is 0 Å². The zero-order valence-corrected chi connectivity index (χ0v) is 7.26. The van der Waals surface area contributed by atoms with Crippen molar-refractivity contribution < 1.29 is 0 Å². The summed E-state index contributed by atoms with van der Waals surface area (Å²) in [6.07, 6.45) is 9.73. The largest absolute Gasteiger partial charge is 0.327 e. The smallest absolute Gasteiger partial charge is 0.00701 e. The molecule has 0 saturated heterocycles. The van der Waals surface area contributed by atoms with Gasteiger partial charge in [-0.25, -0.2) is 0 Å². The van der Waals surface area contributed by atoms with Crippen LogP contribution in [0.15, 0.2) is 12.7 Å². The molecule has 0 amide bonds. The molecule has 0 bridgehead atoms. The molecule has 0 aromatic carbocycles. The summed E-state index contributed by atoms with van der Waals surface area (Å²) in [5, 5.41) is 0. The normalized spacial score (nSPS) is 32.8. The first-order valence-electron chi connectivity index (χ1n) is 4.71. The van der Waals surface area contributed by atoms with E-state index >= 15 is 0 Å². The highest BCUT2D eigenvalue weighted by molar-refractivity contribution is 4.82. The molecule has 0 heterocycles. The fraction of sp³-hybridized carbons (Fsp3) is 0.800. The number of hydrogen-bond acceptors (Lipinski definition) is 1. The lowest BCUT2D eigenvalue weighted by atomic mass is 9.92. The molecule has 2 unspecified atom stereocenters. The van der Waals surface area contributed by atoms with Gasteiger partial charge in [0.2, 0.25) is 0 Å². The minimum Gasteiger partial charge on any atom is -0.327 e. The molecule has 0 aliphatic heterocycles. The standard InChI is InChI=1S/C10H19N/c1-2-6-9-7-4-3-5-8-10(9)11/h2,9-10H,1,3-8,11H2. The van der Waals surface area contributed by atoms with Gasteiger partial charge in [-0.1, -0.05) is 25.3 Å². The van der Waals surface area contributed by atoms with E-state index in [-0.39, 0.29) is 0 Å². The zero-order chi connectivity index (χ0) is 8.10. The van der Waals surface area contributed by atoms with Crippen LogP contribution in [0, 0.1) is 5.92 Å². The molecule has 0 spiro atoms. The van der Waals surface area contributed by atoms with E-state index in [2.05, 4.69) is 6.58 Å². The van der Waals surface area contributed by atoms with Crippen LogP contribution in [0.1, 0.15) is 38.5 Å². The van der Waals surface area contributed by atoms with Crippen LogP contribution >= 0.6 is 0 Å².